The fourth-order valence-electron chi connectivity index (χ4n) is 3.36. The van der Waals surface area contributed by atoms with E-state index in [1.807, 2.05) is 11.3 Å². The molecule has 0 saturated carbocycles. The van der Waals surface area contributed by atoms with Crippen LogP contribution in [0.1, 0.15) is 5.56 Å². The van der Waals surface area contributed by atoms with Gasteiger partial charge in [-0.15, -0.1) is 11.3 Å². The summed E-state index contributed by atoms with van der Waals surface area (Å²) in [5.41, 5.74) is 1.32. The molecule has 0 amide bonds. The van der Waals surface area contributed by atoms with Gasteiger partial charge in [-0.05, 0) is 47.3 Å². The molecule has 0 saturated heterocycles. The van der Waals surface area contributed by atoms with Crippen LogP contribution in [0.25, 0.3) is 41.7 Å². The van der Waals surface area contributed by atoms with E-state index in [0.717, 1.165) is 0 Å². The van der Waals surface area contributed by atoms with E-state index in [0.29, 0.717) is 0 Å². The third kappa shape index (κ3) is 1.63. The van der Waals surface area contributed by atoms with Crippen molar-refractivity contribution in [1.82, 2.24) is 0 Å². The summed E-state index contributed by atoms with van der Waals surface area (Å²) < 4.78 is 2.78. The van der Waals surface area contributed by atoms with Gasteiger partial charge in [0, 0.05) is 25.6 Å². The third-order valence-electron chi connectivity index (χ3n) is 4.47. The molecule has 0 aliphatic rings. The van der Waals surface area contributed by atoms with Gasteiger partial charge in [0.1, 0.15) is 0 Å². The first kappa shape index (κ1) is 12.2. The number of benzene rings is 4. The molecule has 0 radical (unpaired) electrons. The summed E-state index contributed by atoms with van der Waals surface area (Å²) in [4.78, 5) is 0. The highest BCUT2D eigenvalue weighted by Crippen LogP contribution is 2.39. The molecule has 0 N–H and O–H groups in total. The molecule has 22 heavy (non-hydrogen) atoms. The summed E-state index contributed by atoms with van der Waals surface area (Å²) in [5, 5.41) is 8.09. The van der Waals surface area contributed by atoms with E-state index in [1.165, 1.54) is 47.3 Å². The molecule has 0 nitrogen and oxygen atoms in total. The van der Waals surface area contributed by atoms with E-state index in [4.69, 9.17) is 0 Å². The minimum atomic E-state index is 1.31. The molecule has 1 aromatic heterocycles. The van der Waals surface area contributed by atoms with Gasteiger partial charge in [0.2, 0.25) is 0 Å². The normalized spacial score (nSPS) is 11.9. The molecule has 0 fully saturated rings. The lowest BCUT2D eigenvalue weighted by Crippen LogP contribution is -1.77. The Balaban J connectivity index is 2.02. The van der Waals surface area contributed by atoms with Crippen LogP contribution in [0.3, 0.4) is 0 Å². The number of hydrogen-bond donors (Lipinski definition) is 0. The molecule has 5 aromatic rings. The highest BCUT2D eigenvalue weighted by molar-refractivity contribution is 7.26. The maximum atomic E-state index is 2.34. The van der Waals surface area contributed by atoms with E-state index in [-0.39, 0.29) is 0 Å². The Morgan fingerprint density at radius 2 is 1.45 bits per heavy atom. The molecule has 0 aliphatic heterocycles. The van der Waals surface area contributed by atoms with E-state index < -0.39 is 0 Å². The van der Waals surface area contributed by atoms with Gasteiger partial charge in [-0.2, -0.15) is 0 Å². The largest absolute Gasteiger partial charge is 0.135 e. The zero-order valence-electron chi connectivity index (χ0n) is 12.3. The van der Waals surface area contributed by atoms with Crippen LogP contribution in [-0.4, -0.2) is 0 Å². The van der Waals surface area contributed by atoms with Crippen molar-refractivity contribution in [2.75, 3.05) is 0 Å². The van der Waals surface area contributed by atoms with Crippen LogP contribution in [0.15, 0.2) is 66.7 Å². The van der Waals surface area contributed by atoms with Crippen molar-refractivity contribution in [3.05, 3.63) is 72.3 Å². The standard InChI is InChI=1S/C21H14S/c1-13-6-9-20-19(10-13)17-8-7-16-11-14-4-2-3-5-15(14)12-18(16)21(17)22-20/h2-12H,1H3. The predicted molar refractivity (Wildman–Crippen MR) is 99.1 cm³/mol. The molecule has 5 rings (SSSR count). The fraction of sp³-hybridized carbons (Fsp3) is 0.0476. The van der Waals surface area contributed by atoms with Crippen molar-refractivity contribution in [1.29, 1.82) is 0 Å². The Hall–Kier alpha value is -2.38. The van der Waals surface area contributed by atoms with Crippen molar-refractivity contribution in [2.45, 2.75) is 6.92 Å². The molecule has 0 bridgehead atoms. The average Bonchev–Trinajstić information content (AvgIpc) is 2.91. The van der Waals surface area contributed by atoms with Crippen molar-refractivity contribution in [3.63, 3.8) is 0 Å². The second kappa shape index (κ2) is 4.31. The van der Waals surface area contributed by atoms with Crippen LogP contribution < -0.4 is 0 Å². The first-order valence-electron chi connectivity index (χ1n) is 7.54. The lowest BCUT2D eigenvalue weighted by molar-refractivity contribution is 1.52. The molecule has 1 heteroatoms. The van der Waals surface area contributed by atoms with Gasteiger partial charge in [0.15, 0.2) is 0 Å². The summed E-state index contributed by atoms with van der Waals surface area (Å²) in [7, 11) is 0. The molecule has 0 aliphatic carbocycles. The second-order valence-electron chi connectivity index (χ2n) is 5.96. The van der Waals surface area contributed by atoms with E-state index >= 15 is 0 Å². The molecule has 0 atom stereocenters. The first-order valence-corrected chi connectivity index (χ1v) is 8.36. The molecule has 1 heterocycles. The van der Waals surface area contributed by atoms with E-state index in [2.05, 4.69) is 73.7 Å². The summed E-state index contributed by atoms with van der Waals surface area (Å²) in [5.74, 6) is 0. The van der Waals surface area contributed by atoms with Gasteiger partial charge in [-0.1, -0.05) is 48.0 Å². The van der Waals surface area contributed by atoms with Crippen LogP contribution in [0, 0.1) is 6.92 Å². The number of thiophene rings is 1. The number of hydrogen-bond acceptors (Lipinski definition) is 1. The van der Waals surface area contributed by atoms with Gasteiger partial charge in [0.25, 0.3) is 0 Å². The molecular weight excluding hydrogens is 284 g/mol. The Bertz CT molecular complexity index is 1180. The quantitative estimate of drug-likeness (QED) is 0.280. The topological polar surface area (TPSA) is 0 Å². The van der Waals surface area contributed by atoms with Crippen molar-refractivity contribution < 1.29 is 0 Å². The minimum absolute atomic E-state index is 1.31. The summed E-state index contributed by atoms with van der Waals surface area (Å²) in [6.07, 6.45) is 0. The van der Waals surface area contributed by atoms with Crippen molar-refractivity contribution >= 4 is 53.1 Å². The fourth-order valence-corrected chi connectivity index (χ4v) is 4.57. The molecule has 104 valence electrons. The molecular formula is C21H14S. The first-order chi connectivity index (χ1) is 10.8. The monoisotopic (exact) mass is 298 g/mol. The zero-order valence-corrected chi connectivity index (χ0v) is 13.1. The van der Waals surface area contributed by atoms with Gasteiger partial charge in [-0.25, -0.2) is 0 Å². The van der Waals surface area contributed by atoms with Gasteiger partial charge in [0.05, 0.1) is 0 Å². The average molecular weight is 298 g/mol. The minimum Gasteiger partial charge on any atom is -0.135 e. The Labute approximate surface area is 132 Å². The summed E-state index contributed by atoms with van der Waals surface area (Å²) in [6, 6.07) is 24.6. The van der Waals surface area contributed by atoms with Crippen LogP contribution >= 0.6 is 11.3 Å². The summed E-state index contributed by atoms with van der Waals surface area (Å²) in [6.45, 7) is 2.16. The number of fused-ring (bicyclic) bond motifs is 6. The van der Waals surface area contributed by atoms with Crippen LogP contribution in [0.4, 0.5) is 0 Å². The van der Waals surface area contributed by atoms with Gasteiger partial charge in [-0.3, -0.25) is 0 Å². The smallest absolute Gasteiger partial charge is 0.0434 e. The Morgan fingerprint density at radius 3 is 2.32 bits per heavy atom. The zero-order chi connectivity index (χ0) is 14.7. The maximum absolute atomic E-state index is 2.34. The van der Waals surface area contributed by atoms with Gasteiger partial charge < -0.3 is 0 Å². The Kier molecular flexibility index (Phi) is 2.39. The molecule has 4 aromatic carbocycles. The van der Waals surface area contributed by atoms with Crippen molar-refractivity contribution in [2.24, 2.45) is 0 Å². The van der Waals surface area contributed by atoms with Crippen LogP contribution in [0.2, 0.25) is 0 Å². The van der Waals surface area contributed by atoms with Crippen molar-refractivity contribution in [3.8, 4) is 0 Å². The van der Waals surface area contributed by atoms with E-state index in [1.54, 1.807) is 0 Å². The van der Waals surface area contributed by atoms with E-state index in [9.17, 15) is 0 Å². The number of rotatable bonds is 0. The third-order valence-corrected chi connectivity index (χ3v) is 5.69. The molecule has 0 unspecified atom stereocenters. The van der Waals surface area contributed by atoms with Gasteiger partial charge >= 0.3 is 0 Å². The highest BCUT2D eigenvalue weighted by atomic mass is 32.1. The SMILES string of the molecule is Cc1ccc2sc3c4cc5ccccc5cc4ccc3c2c1. The lowest BCUT2D eigenvalue weighted by Gasteiger charge is -2.03. The highest BCUT2D eigenvalue weighted by Gasteiger charge is 2.09. The lowest BCUT2D eigenvalue weighted by atomic mass is 10.0. The summed E-state index contributed by atoms with van der Waals surface area (Å²) >= 11 is 1.91. The predicted octanol–water partition coefficient (Wildman–Crippen LogP) is 6.67. The second-order valence-corrected chi connectivity index (χ2v) is 7.02. The Morgan fingerprint density at radius 1 is 0.636 bits per heavy atom. The maximum Gasteiger partial charge on any atom is 0.0434 e. The van der Waals surface area contributed by atoms with Crippen LogP contribution in [-0.2, 0) is 0 Å². The molecule has 0 spiro atoms. The van der Waals surface area contributed by atoms with Crippen LogP contribution in [0.5, 0.6) is 0 Å². The number of aryl methyl sites for hydroxylation is 1.